The molecule has 0 radical (unpaired) electrons. The van der Waals surface area contributed by atoms with Crippen molar-refractivity contribution in [3.63, 3.8) is 0 Å². The first-order chi connectivity index (χ1) is 8.52. The lowest BCUT2D eigenvalue weighted by Gasteiger charge is -2.12. The number of carbonyl (C=O) groups excluding carboxylic acids is 1. The second-order valence-electron chi connectivity index (χ2n) is 3.37. The lowest BCUT2D eigenvalue weighted by Crippen LogP contribution is -2.24. The monoisotopic (exact) mass is 378 g/mol. The van der Waals surface area contributed by atoms with Gasteiger partial charge in [-0.25, -0.2) is 4.79 Å². The molecule has 1 rings (SSSR count). The fraction of sp³-hybridized carbons (Fsp3) is 0.250. The third-order valence-corrected chi connectivity index (χ3v) is 3.80. The summed E-state index contributed by atoms with van der Waals surface area (Å²) < 4.78 is 11.8. The van der Waals surface area contributed by atoms with E-state index in [1.54, 1.807) is 12.1 Å². The van der Waals surface area contributed by atoms with Crippen molar-refractivity contribution in [3.8, 4) is 5.75 Å². The zero-order valence-electron chi connectivity index (χ0n) is 9.44. The van der Waals surface area contributed by atoms with Crippen LogP contribution >= 0.6 is 31.9 Å². The molecule has 4 nitrogen and oxygen atoms in total. The lowest BCUT2D eigenvalue weighted by atomic mass is 10.3. The van der Waals surface area contributed by atoms with E-state index in [0.29, 0.717) is 5.75 Å². The Morgan fingerprint density at radius 3 is 2.72 bits per heavy atom. The lowest BCUT2D eigenvalue weighted by molar-refractivity contribution is -0.141. The normalized spacial score (nSPS) is 11.7. The van der Waals surface area contributed by atoms with Crippen LogP contribution in [0.4, 0.5) is 0 Å². The molecule has 1 atom stereocenters. The minimum Gasteiger partial charge on any atom is -0.491 e. The Balaban J connectivity index is 2.37. The van der Waals surface area contributed by atoms with Crippen LogP contribution < -0.4 is 4.74 Å². The molecule has 0 aromatic heterocycles. The van der Waals surface area contributed by atoms with Crippen LogP contribution in [0, 0.1) is 0 Å². The van der Waals surface area contributed by atoms with Gasteiger partial charge in [-0.15, -0.1) is 0 Å². The molecule has 0 fully saturated rings. The Labute approximate surface area is 122 Å². The molecule has 98 valence electrons. The number of rotatable bonds is 6. The highest BCUT2D eigenvalue weighted by Crippen LogP contribution is 2.27. The molecule has 0 aliphatic heterocycles. The Hall–Kier alpha value is -0.850. The maximum Gasteiger partial charge on any atom is 0.330 e. The number of hydrogen-bond donors (Lipinski definition) is 1. The molecule has 1 unspecified atom stereocenters. The first-order valence-electron chi connectivity index (χ1n) is 5.08. The van der Waals surface area contributed by atoms with Gasteiger partial charge in [-0.2, -0.15) is 0 Å². The summed E-state index contributed by atoms with van der Waals surface area (Å²) in [5, 5.41) is 9.52. The Bertz CT molecular complexity index is 434. The van der Waals surface area contributed by atoms with Gasteiger partial charge in [0, 0.05) is 15.0 Å². The van der Waals surface area contributed by atoms with Crippen molar-refractivity contribution in [2.24, 2.45) is 0 Å². The maximum atomic E-state index is 10.8. The van der Waals surface area contributed by atoms with Crippen molar-refractivity contribution >= 4 is 37.8 Å². The Kier molecular flexibility index (Phi) is 6.38. The average Bonchev–Trinajstić information content (AvgIpc) is 2.37. The van der Waals surface area contributed by atoms with Gasteiger partial charge in [-0.1, -0.05) is 6.58 Å². The first-order valence-corrected chi connectivity index (χ1v) is 6.66. The number of halogens is 2. The molecule has 0 bridgehead atoms. The molecule has 0 aliphatic rings. The van der Waals surface area contributed by atoms with Crippen LogP contribution in [0.1, 0.15) is 0 Å². The van der Waals surface area contributed by atoms with E-state index in [1.807, 2.05) is 6.07 Å². The zero-order valence-corrected chi connectivity index (χ0v) is 12.6. The van der Waals surface area contributed by atoms with Crippen molar-refractivity contribution in [1.29, 1.82) is 0 Å². The predicted molar refractivity (Wildman–Crippen MR) is 74.5 cm³/mol. The Morgan fingerprint density at radius 2 is 2.11 bits per heavy atom. The molecule has 0 spiro atoms. The highest BCUT2D eigenvalue weighted by molar-refractivity contribution is 9.13. The molecule has 1 aromatic carbocycles. The van der Waals surface area contributed by atoms with E-state index >= 15 is 0 Å². The molecule has 1 N–H and O–H groups in total. The van der Waals surface area contributed by atoms with Crippen LogP contribution in [0.25, 0.3) is 0 Å². The number of aliphatic hydroxyl groups excluding tert-OH is 1. The molecule has 0 saturated heterocycles. The number of esters is 1. The minimum absolute atomic E-state index is 0.0402. The van der Waals surface area contributed by atoms with E-state index < -0.39 is 12.1 Å². The molecule has 0 aliphatic carbocycles. The quantitative estimate of drug-likeness (QED) is 0.609. The van der Waals surface area contributed by atoms with Crippen LogP contribution in [0.2, 0.25) is 0 Å². The second kappa shape index (κ2) is 7.56. The largest absolute Gasteiger partial charge is 0.491 e. The van der Waals surface area contributed by atoms with E-state index in [0.717, 1.165) is 15.0 Å². The highest BCUT2D eigenvalue weighted by Gasteiger charge is 2.08. The number of carbonyl (C=O) groups is 1. The van der Waals surface area contributed by atoms with Crippen molar-refractivity contribution in [3.05, 3.63) is 39.8 Å². The van der Waals surface area contributed by atoms with Gasteiger partial charge in [-0.3, -0.25) is 0 Å². The molecule has 1 aromatic rings. The van der Waals surface area contributed by atoms with Gasteiger partial charge in [0.1, 0.15) is 25.1 Å². The van der Waals surface area contributed by atoms with Gasteiger partial charge < -0.3 is 14.6 Å². The van der Waals surface area contributed by atoms with Crippen LogP contribution in [-0.2, 0) is 9.53 Å². The molecule has 6 heteroatoms. The van der Waals surface area contributed by atoms with E-state index in [4.69, 9.17) is 4.74 Å². The maximum absolute atomic E-state index is 10.8. The smallest absolute Gasteiger partial charge is 0.330 e. The summed E-state index contributed by atoms with van der Waals surface area (Å²) in [7, 11) is 0. The van der Waals surface area contributed by atoms with Crippen molar-refractivity contribution in [2.75, 3.05) is 13.2 Å². The van der Waals surface area contributed by atoms with E-state index in [1.165, 1.54) is 0 Å². The number of ether oxygens (including phenoxy) is 2. The molecule has 0 amide bonds. The SMILES string of the molecule is C=CC(=O)OCC(O)COc1ccc(Br)c(Br)c1. The van der Waals surface area contributed by atoms with Gasteiger partial charge in [0.25, 0.3) is 0 Å². The average molecular weight is 380 g/mol. The molecular formula is C12H12Br2O4. The number of benzene rings is 1. The Morgan fingerprint density at radius 1 is 1.39 bits per heavy atom. The van der Waals surface area contributed by atoms with Crippen LogP contribution in [-0.4, -0.2) is 30.4 Å². The van der Waals surface area contributed by atoms with Crippen molar-refractivity contribution < 1.29 is 19.4 Å². The van der Waals surface area contributed by atoms with Crippen molar-refractivity contribution in [1.82, 2.24) is 0 Å². The second-order valence-corrected chi connectivity index (χ2v) is 5.08. The molecule has 18 heavy (non-hydrogen) atoms. The fourth-order valence-corrected chi connectivity index (χ4v) is 1.65. The summed E-state index contributed by atoms with van der Waals surface area (Å²) in [4.78, 5) is 10.8. The standard InChI is InChI=1S/C12H12Br2O4/c1-2-12(16)18-7-8(15)6-17-9-3-4-10(13)11(14)5-9/h2-5,8,15H,1,6-7H2. The summed E-state index contributed by atoms with van der Waals surface area (Å²) >= 11 is 6.68. The van der Waals surface area contributed by atoms with Gasteiger partial charge in [0.15, 0.2) is 0 Å². The van der Waals surface area contributed by atoms with Gasteiger partial charge in [0.05, 0.1) is 0 Å². The minimum atomic E-state index is -0.878. The summed E-state index contributed by atoms with van der Waals surface area (Å²) in [5.74, 6) is 0.0413. The summed E-state index contributed by atoms with van der Waals surface area (Å²) in [5.41, 5.74) is 0. The van der Waals surface area contributed by atoms with Gasteiger partial charge in [0.2, 0.25) is 0 Å². The van der Waals surface area contributed by atoms with Crippen LogP contribution in [0.3, 0.4) is 0 Å². The van der Waals surface area contributed by atoms with Crippen LogP contribution in [0.5, 0.6) is 5.75 Å². The number of hydrogen-bond acceptors (Lipinski definition) is 4. The summed E-state index contributed by atoms with van der Waals surface area (Å²) in [6, 6.07) is 5.35. The molecule has 0 saturated carbocycles. The zero-order chi connectivity index (χ0) is 13.5. The topological polar surface area (TPSA) is 55.8 Å². The van der Waals surface area contributed by atoms with E-state index in [2.05, 4.69) is 43.2 Å². The molecular weight excluding hydrogens is 368 g/mol. The third-order valence-electron chi connectivity index (χ3n) is 1.92. The van der Waals surface area contributed by atoms with E-state index in [9.17, 15) is 9.90 Å². The van der Waals surface area contributed by atoms with Gasteiger partial charge in [-0.05, 0) is 50.1 Å². The van der Waals surface area contributed by atoms with Crippen LogP contribution in [0.15, 0.2) is 39.8 Å². The van der Waals surface area contributed by atoms with Gasteiger partial charge >= 0.3 is 5.97 Å². The summed E-state index contributed by atoms with van der Waals surface area (Å²) in [6.45, 7) is 3.17. The highest BCUT2D eigenvalue weighted by atomic mass is 79.9. The van der Waals surface area contributed by atoms with Crippen molar-refractivity contribution in [2.45, 2.75) is 6.10 Å². The van der Waals surface area contributed by atoms with E-state index in [-0.39, 0.29) is 13.2 Å². The third kappa shape index (κ3) is 5.20. The number of aliphatic hydroxyl groups is 1. The predicted octanol–water partition coefficient (Wildman–Crippen LogP) is 2.68. The summed E-state index contributed by atoms with van der Waals surface area (Å²) in [6.07, 6.45) is 0.163. The first kappa shape index (κ1) is 15.2. The fourth-order valence-electron chi connectivity index (χ4n) is 1.04. The molecule has 0 heterocycles.